The number of rotatable bonds is 3. The molecule has 1 aliphatic rings. The molecule has 0 spiro atoms. The fourth-order valence-electron chi connectivity index (χ4n) is 1.90. The third-order valence-electron chi connectivity index (χ3n) is 2.97. The zero-order valence-corrected chi connectivity index (χ0v) is 10.5. The van der Waals surface area contributed by atoms with Crippen molar-refractivity contribution >= 4 is 17.6 Å². The van der Waals surface area contributed by atoms with Crippen LogP contribution in [0.15, 0.2) is 18.3 Å². The Morgan fingerprint density at radius 1 is 1.33 bits per heavy atom. The number of carbonyl (C=O) groups excluding carboxylic acids is 2. The van der Waals surface area contributed by atoms with Gasteiger partial charge in [-0.1, -0.05) is 6.07 Å². The SMILES string of the molecule is CNc1ncccc1CN1CC(=O)N(C)CC1=O. The van der Waals surface area contributed by atoms with Crippen LogP contribution in [-0.2, 0) is 16.1 Å². The van der Waals surface area contributed by atoms with Gasteiger partial charge in [-0.05, 0) is 6.07 Å². The van der Waals surface area contributed by atoms with Crippen molar-refractivity contribution < 1.29 is 9.59 Å². The zero-order valence-electron chi connectivity index (χ0n) is 10.5. The van der Waals surface area contributed by atoms with Gasteiger partial charge < -0.3 is 15.1 Å². The first-order valence-corrected chi connectivity index (χ1v) is 5.75. The quantitative estimate of drug-likeness (QED) is 0.813. The summed E-state index contributed by atoms with van der Waals surface area (Å²) in [7, 11) is 3.42. The largest absolute Gasteiger partial charge is 0.373 e. The molecule has 1 aromatic heterocycles. The Morgan fingerprint density at radius 2 is 2.11 bits per heavy atom. The van der Waals surface area contributed by atoms with Crippen molar-refractivity contribution in [2.45, 2.75) is 6.54 Å². The lowest BCUT2D eigenvalue weighted by atomic mass is 10.2. The predicted molar refractivity (Wildman–Crippen MR) is 66.8 cm³/mol. The summed E-state index contributed by atoms with van der Waals surface area (Å²) in [5, 5.41) is 2.98. The summed E-state index contributed by atoms with van der Waals surface area (Å²) in [6.07, 6.45) is 1.69. The van der Waals surface area contributed by atoms with Crippen molar-refractivity contribution in [3.63, 3.8) is 0 Å². The molecule has 1 saturated heterocycles. The minimum Gasteiger partial charge on any atom is -0.373 e. The second-order valence-electron chi connectivity index (χ2n) is 4.26. The number of piperazine rings is 1. The number of likely N-dealkylation sites (N-methyl/N-ethyl adjacent to an activating group) is 1. The van der Waals surface area contributed by atoms with E-state index < -0.39 is 0 Å². The van der Waals surface area contributed by atoms with Gasteiger partial charge in [0.05, 0.1) is 6.54 Å². The molecular formula is C12H16N4O2. The second-order valence-corrected chi connectivity index (χ2v) is 4.26. The summed E-state index contributed by atoms with van der Waals surface area (Å²) >= 11 is 0. The highest BCUT2D eigenvalue weighted by molar-refractivity contribution is 5.92. The molecule has 0 radical (unpaired) electrons. The van der Waals surface area contributed by atoms with E-state index in [0.29, 0.717) is 6.54 Å². The lowest BCUT2D eigenvalue weighted by Crippen LogP contribution is -2.51. The van der Waals surface area contributed by atoms with E-state index in [4.69, 9.17) is 0 Å². The van der Waals surface area contributed by atoms with Crippen LogP contribution >= 0.6 is 0 Å². The summed E-state index contributed by atoms with van der Waals surface area (Å²) in [5.74, 6) is 0.657. The van der Waals surface area contributed by atoms with Gasteiger partial charge in [-0.15, -0.1) is 0 Å². The van der Waals surface area contributed by atoms with Crippen LogP contribution in [0.2, 0.25) is 0 Å². The van der Waals surface area contributed by atoms with E-state index in [9.17, 15) is 9.59 Å². The van der Waals surface area contributed by atoms with E-state index in [-0.39, 0.29) is 24.9 Å². The van der Waals surface area contributed by atoms with Crippen molar-refractivity contribution in [1.82, 2.24) is 14.8 Å². The molecule has 96 valence electrons. The van der Waals surface area contributed by atoms with Gasteiger partial charge in [0, 0.05) is 32.4 Å². The topological polar surface area (TPSA) is 65.5 Å². The Morgan fingerprint density at radius 3 is 2.83 bits per heavy atom. The lowest BCUT2D eigenvalue weighted by molar-refractivity contribution is -0.149. The van der Waals surface area contributed by atoms with Crippen LogP contribution in [0.1, 0.15) is 5.56 Å². The van der Waals surface area contributed by atoms with Gasteiger partial charge in [0.25, 0.3) is 0 Å². The molecule has 2 amide bonds. The average Bonchev–Trinajstić information content (AvgIpc) is 2.36. The van der Waals surface area contributed by atoms with E-state index in [1.165, 1.54) is 4.90 Å². The first-order valence-electron chi connectivity index (χ1n) is 5.75. The molecule has 0 atom stereocenters. The summed E-state index contributed by atoms with van der Waals surface area (Å²) < 4.78 is 0. The molecule has 2 rings (SSSR count). The third-order valence-corrected chi connectivity index (χ3v) is 2.97. The Bertz CT molecular complexity index is 475. The van der Waals surface area contributed by atoms with Gasteiger partial charge in [-0.25, -0.2) is 4.98 Å². The third kappa shape index (κ3) is 2.42. The highest BCUT2D eigenvalue weighted by Crippen LogP contribution is 2.15. The molecule has 6 heteroatoms. The van der Waals surface area contributed by atoms with Crippen LogP contribution in [-0.4, -0.2) is 53.8 Å². The van der Waals surface area contributed by atoms with Crippen LogP contribution in [0.3, 0.4) is 0 Å². The highest BCUT2D eigenvalue weighted by Gasteiger charge is 2.27. The number of nitrogens with zero attached hydrogens (tertiary/aromatic N) is 3. The Kier molecular flexibility index (Phi) is 3.45. The maximum Gasteiger partial charge on any atom is 0.242 e. The summed E-state index contributed by atoms with van der Waals surface area (Å²) in [6, 6.07) is 3.72. The molecule has 0 unspecified atom stereocenters. The molecule has 1 fully saturated rings. The molecule has 0 aromatic carbocycles. The van der Waals surface area contributed by atoms with Crippen molar-refractivity contribution in [1.29, 1.82) is 0 Å². The first kappa shape index (κ1) is 12.3. The molecule has 0 saturated carbocycles. The molecule has 2 heterocycles. The van der Waals surface area contributed by atoms with Gasteiger partial charge in [0.1, 0.15) is 12.4 Å². The van der Waals surface area contributed by atoms with Crippen molar-refractivity contribution in [3.05, 3.63) is 23.9 Å². The molecular weight excluding hydrogens is 232 g/mol. The van der Waals surface area contributed by atoms with Crippen LogP contribution < -0.4 is 5.32 Å². The van der Waals surface area contributed by atoms with E-state index in [2.05, 4.69) is 10.3 Å². The summed E-state index contributed by atoms with van der Waals surface area (Å²) in [4.78, 5) is 30.6. The molecule has 1 aromatic rings. The van der Waals surface area contributed by atoms with Crippen LogP contribution in [0.4, 0.5) is 5.82 Å². The summed E-state index contributed by atoms with van der Waals surface area (Å²) in [6.45, 7) is 0.684. The first-order chi connectivity index (χ1) is 8.61. The molecule has 1 aliphatic heterocycles. The minimum atomic E-state index is -0.0389. The van der Waals surface area contributed by atoms with E-state index in [1.807, 2.05) is 12.1 Å². The number of aromatic nitrogens is 1. The van der Waals surface area contributed by atoms with Gasteiger partial charge >= 0.3 is 0 Å². The number of hydrogen-bond donors (Lipinski definition) is 1. The smallest absolute Gasteiger partial charge is 0.242 e. The number of amides is 2. The Labute approximate surface area is 106 Å². The van der Waals surface area contributed by atoms with Crippen molar-refractivity contribution in [2.75, 3.05) is 32.5 Å². The van der Waals surface area contributed by atoms with E-state index in [0.717, 1.165) is 11.4 Å². The van der Waals surface area contributed by atoms with Crippen molar-refractivity contribution in [3.8, 4) is 0 Å². The van der Waals surface area contributed by atoms with Gasteiger partial charge in [0.2, 0.25) is 11.8 Å². The standard InChI is InChI=1S/C12H16N4O2/c1-13-12-9(4-3-5-14-12)6-16-8-10(17)15(2)7-11(16)18/h3-5H,6-8H2,1-2H3,(H,13,14). The molecule has 0 bridgehead atoms. The van der Waals surface area contributed by atoms with Gasteiger partial charge in [-0.2, -0.15) is 0 Å². The Balaban J connectivity index is 2.13. The van der Waals surface area contributed by atoms with E-state index >= 15 is 0 Å². The van der Waals surface area contributed by atoms with Gasteiger partial charge in [0.15, 0.2) is 0 Å². The fourth-order valence-corrected chi connectivity index (χ4v) is 1.90. The second kappa shape index (κ2) is 5.03. The van der Waals surface area contributed by atoms with Gasteiger partial charge in [-0.3, -0.25) is 9.59 Å². The summed E-state index contributed by atoms with van der Waals surface area (Å²) in [5.41, 5.74) is 0.908. The molecule has 18 heavy (non-hydrogen) atoms. The average molecular weight is 248 g/mol. The minimum absolute atomic E-state index is 0.0375. The highest BCUT2D eigenvalue weighted by atomic mass is 16.2. The maximum absolute atomic E-state index is 11.8. The van der Waals surface area contributed by atoms with Crippen LogP contribution in [0, 0.1) is 0 Å². The number of nitrogens with one attached hydrogen (secondary N) is 1. The zero-order chi connectivity index (χ0) is 13.1. The van der Waals surface area contributed by atoms with Crippen LogP contribution in [0.25, 0.3) is 0 Å². The Hall–Kier alpha value is -2.11. The normalized spacial score (nSPS) is 16.1. The molecule has 6 nitrogen and oxygen atoms in total. The van der Waals surface area contributed by atoms with E-state index in [1.54, 1.807) is 25.2 Å². The maximum atomic E-state index is 11.8. The molecule has 1 N–H and O–H groups in total. The number of hydrogen-bond acceptors (Lipinski definition) is 4. The predicted octanol–water partition coefficient (Wildman–Crippen LogP) is -0.0761. The van der Waals surface area contributed by atoms with Crippen molar-refractivity contribution in [2.24, 2.45) is 0 Å². The molecule has 0 aliphatic carbocycles. The number of carbonyl (C=O) groups is 2. The fraction of sp³-hybridized carbons (Fsp3) is 0.417. The van der Waals surface area contributed by atoms with Crippen LogP contribution in [0.5, 0.6) is 0 Å². The number of pyridine rings is 1. The number of anilines is 1. The lowest BCUT2D eigenvalue weighted by Gasteiger charge is -2.31. The monoisotopic (exact) mass is 248 g/mol.